The van der Waals surface area contributed by atoms with E-state index in [0.717, 1.165) is 74.5 Å². The summed E-state index contributed by atoms with van der Waals surface area (Å²) in [4.78, 5) is 189. The molecule has 4 aliphatic heterocycles. The first-order chi connectivity index (χ1) is 68.3. The lowest BCUT2D eigenvalue weighted by Gasteiger charge is -2.19. The number of esters is 2. The molecule has 10 aromatic rings. The number of aliphatic carboxylic acids is 2. The third-order valence-electron chi connectivity index (χ3n) is 29.5. The molecule has 0 fully saturated rings. The Labute approximate surface area is 826 Å². The maximum Gasteiger partial charge on any atom is 0.488 e. The molecule has 11 heterocycles. The Balaban J connectivity index is 0.000000220. The Morgan fingerprint density at radius 3 is 1.41 bits per heavy atom. The molecule has 0 spiro atoms. The Kier molecular flexibility index (Phi) is 31.2. The maximum atomic E-state index is 14.5. The largest absolute Gasteiger partial charge is 0.488 e. The van der Waals surface area contributed by atoms with Gasteiger partial charge in [0.2, 0.25) is 17.7 Å². The van der Waals surface area contributed by atoms with Gasteiger partial charge in [0.15, 0.2) is 23.1 Å². The second kappa shape index (κ2) is 43.4. The minimum atomic E-state index is -1.56. The first-order valence-corrected chi connectivity index (χ1v) is 49.0. The van der Waals surface area contributed by atoms with Gasteiger partial charge < -0.3 is 87.4 Å². The predicted octanol–water partition coefficient (Wildman–Crippen LogP) is 14.0. The number of rotatable bonds is 35. The van der Waals surface area contributed by atoms with E-state index in [0.29, 0.717) is 173 Å². The number of nitrogens with two attached hydrogens (primary N) is 2. The number of aryl methyl sites for hydroxylation is 4. The fourth-order valence-corrected chi connectivity index (χ4v) is 21.4. The third-order valence-corrected chi connectivity index (χ3v) is 29.5. The second-order valence-electron chi connectivity index (χ2n) is 38.4. The van der Waals surface area contributed by atoms with E-state index in [1.165, 1.54) is 14.2 Å². The van der Waals surface area contributed by atoms with Crippen molar-refractivity contribution in [2.45, 2.75) is 238 Å². The van der Waals surface area contributed by atoms with Crippen LogP contribution in [0.2, 0.25) is 0 Å². The Hall–Kier alpha value is -14.7. The molecule has 7 aromatic heterocycles. The van der Waals surface area contributed by atoms with Crippen LogP contribution in [-0.2, 0) is 49.5 Å². The van der Waals surface area contributed by atoms with Crippen LogP contribution in [0.3, 0.4) is 0 Å². The average molecular weight is 1940 g/mol. The molecule has 0 saturated carbocycles. The lowest BCUT2D eigenvalue weighted by molar-refractivity contribution is -0.142. The highest BCUT2D eigenvalue weighted by molar-refractivity contribution is 6.58. The van der Waals surface area contributed by atoms with Crippen molar-refractivity contribution in [2.75, 3.05) is 40.4 Å². The number of aromatic amines is 5. The topological polar surface area (TPSA) is 554 Å². The molecule has 746 valence electrons. The Morgan fingerprint density at radius 1 is 0.497 bits per heavy atom. The third kappa shape index (κ3) is 21.2. The molecular weight excluding hydrogens is 1820 g/mol. The van der Waals surface area contributed by atoms with E-state index in [1.807, 2.05) is 120 Å². The van der Waals surface area contributed by atoms with Crippen molar-refractivity contribution in [3.63, 3.8) is 0 Å². The summed E-state index contributed by atoms with van der Waals surface area (Å²) in [6.45, 7) is 24.0. The highest BCUT2D eigenvalue weighted by atomic mass is 16.5. The molecule has 34 nitrogen and oxygen atoms in total. The molecule has 18 N–H and O–H groups in total. The number of aliphatic imine (C=N–C) groups is 1. The van der Waals surface area contributed by atoms with E-state index < -0.39 is 78.4 Å². The van der Waals surface area contributed by atoms with Crippen LogP contribution in [0.5, 0.6) is 0 Å². The number of benzene rings is 3. The Morgan fingerprint density at radius 2 is 0.944 bits per heavy atom. The number of ketones is 4. The van der Waals surface area contributed by atoms with Crippen LogP contribution in [-0.4, -0.2) is 201 Å². The molecule has 16 bridgehead atoms. The number of methoxy groups -OCH3 is 2. The van der Waals surface area contributed by atoms with E-state index >= 15 is 0 Å². The summed E-state index contributed by atoms with van der Waals surface area (Å²) in [5.74, 6) is -8.99. The van der Waals surface area contributed by atoms with Crippen molar-refractivity contribution < 1.29 is 82.5 Å². The number of ether oxygens (including phenoxy) is 2. The number of nitrogen functional groups attached to an aromatic ring is 1. The maximum absolute atomic E-state index is 14.5. The van der Waals surface area contributed by atoms with Gasteiger partial charge in [-0.25, -0.2) is 4.79 Å². The second-order valence-corrected chi connectivity index (χ2v) is 38.4. The summed E-state index contributed by atoms with van der Waals surface area (Å²) in [5.41, 5.74) is 33.5. The van der Waals surface area contributed by atoms with E-state index in [1.54, 1.807) is 44.2 Å². The van der Waals surface area contributed by atoms with E-state index in [2.05, 4.69) is 78.9 Å². The summed E-state index contributed by atoms with van der Waals surface area (Å²) in [7, 11) is 0.950. The molecule has 12 atom stereocenters. The summed E-state index contributed by atoms with van der Waals surface area (Å²) < 4.78 is 10.5. The monoisotopic (exact) mass is 1940 g/mol. The molecule has 35 heteroatoms. The number of carboxylic acids is 2. The zero-order valence-electron chi connectivity index (χ0n) is 82.9. The van der Waals surface area contributed by atoms with E-state index in [-0.39, 0.29) is 128 Å². The fourth-order valence-electron chi connectivity index (χ4n) is 21.4. The van der Waals surface area contributed by atoms with Crippen LogP contribution in [0.25, 0.3) is 66.3 Å². The molecule has 3 amide bonds. The number of aromatic nitrogens is 9. The molecule has 0 saturated heterocycles. The van der Waals surface area contributed by atoms with Gasteiger partial charge in [0.1, 0.15) is 35.6 Å². The number of amides is 3. The normalized spacial score (nSPS) is 18.7. The molecule has 143 heavy (non-hydrogen) atoms. The fraction of sp³-hybridized carbons (Fsp3) is 0.398. The number of hydrogen-bond donors (Lipinski definition) is 16. The number of Topliss-reactive ketones (excluding diaryl/α,β-unsaturated/α-hetero) is 4. The SMILES string of the molecule is CC[C@H]1c2cc3[nH]c4c(c3C)C(=O)C(C(=O)OC)c4c3nc(cc4[nH]c(cc(n2)[C@@H]1C)c(C(C)=O)c4C)[C@@H](C)[C@@H]3CCC(=O)NCCCCC(NC(=O)CCN=C(N)c1ccc(-c2cc3ccc(C(=N)N)cc3[nH]2)cc1)C(=O)O.CC[C@H]1c2cc3[nH]c4c(c3C)C(=O)C(C(=O)OC)c4c3nc(cc4[nH]c(cc(n2)[C@@H]1C)c(C(C)=O)c4C)[C@@H](C)[C@@H]3CCC(=O)NCCC[C@H](NCCc1ccc(B(O)O)cc1)C(=O)O. The number of H-pyrrole nitrogens is 5. The number of nitrogens with zero attached hydrogens (tertiary/aromatic N) is 5. The van der Waals surface area contributed by atoms with Crippen LogP contribution >= 0.6 is 0 Å². The zero-order chi connectivity index (χ0) is 103. The smallest absolute Gasteiger partial charge is 0.480 e. The van der Waals surface area contributed by atoms with Crippen LogP contribution in [0.1, 0.15) is 329 Å². The highest BCUT2D eigenvalue weighted by Crippen LogP contribution is 2.52. The summed E-state index contributed by atoms with van der Waals surface area (Å²) >= 11 is 0. The highest BCUT2D eigenvalue weighted by Gasteiger charge is 2.48. The van der Waals surface area contributed by atoms with Crippen LogP contribution in [0.15, 0.2) is 114 Å². The first kappa shape index (κ1) is 103. The van der Waals surface area contributed by atoms with Crippen molar-refractivity contribution >= 4 is 144 Å². The lowest BCUT2D eigenvalue weighted by Crippen LogP contribution is -2.41. The summed E-state index contributed by atoms with van der Waals surface area (Å²) in [6, 6.07) is 31.4. The van der Waals surface area contributed by atoms with Crippen molar-refractivity contribution in [3.8, 4) is 11.3 Å². The number of carbonyl (C=O) groups excluding carboxylic acids is 9. The number of carbonyl (C=O) groups is 11. The first-order valence-electron chi connectivity index (χ1n) is 49.0. The molecule has 0 radical (unpaired) electrons. The van der Waals surface area contributed by atoms with E-state index in [9.17, 15) is 73.0 Å². The van der Waals surface area contributed by atoms with Crippen molar-refractivity contribution in [1.82, 2.24) is 66.1 Å². The standard InChI is InChI=1S/C60H67N11O8.C48H57BN6O9/c1-8-37-28(2)40-27-47-50(32(6)72)30(4)42(67-47)25-41-29(3)38(54(70-41)52-53(60(78)79-7)56(75)51-31(5)43(71-55(51)52)26-46(37)66-40)18-19-48(73)64-21-10-9-11-39(59(76)77)69-49(74)20-22-65-58(63)34-14-12-33(13-15-34)44-23-35-16-17-36(57(61)62)24-45(35)68-44;1-8-30-23(2)33-22-38-40(27(6)56)25(4)35(53-38)20-34-24(3)31(44(54-34)42-43(48(61)64-7)46(58)41-26(5)36(55-45(41)42)21-37(30)52-33)15-16-39(57)51-18-9-10-32(47(59)60)50-19-17-28-11-13-29(14-12-28)49(62)63/h12-17,23-29,37-39,53,67-68,71H,8-11,18-22H2,1-7H3,(H3,61,62)(H2,63,65)(H,64,73)(H,69,74)(H,76,77);11-14,20-24,30-32,43,50,53,55,62-63H,8-10,15-19H2,1-7H3,(H,51,57)(H,59,60)/t28-,29+,37-,38+,39?,53?;23-,24+,30-,31+,32+,43?/m11/s1. The molecule has 2 aliphatic carbocycles. The van der Waals surface area contributed by atoms with Gasteiger partial charge in [0.25, 0.3) is 0 Å². The molecule has 16 rings (SSSR count). The Bertz CT molecular complexity index is 7180. The zero-order valence-corrected chi connectivity index (χ0v) is 82.9. The molecule has 6 aliphatic rings. The summed E-state index contributed by atoms with van der Waals surface area (Å²) in [5, 5.41) is 58.7. The van der Waals surface area contributed by atoms with Gasteiger partial charge >= 0.3 is 31.0 Å². The molecule has 3 unspecified atom stereocenters. The summed E-state index contributed by atoms with van der Waals surface area (Å²) in [6.07, 6.45) is 4.56. The van der Waals surface area contributed by atoms with Crippen molar-refractivity contribution in [2.24, 2.45) is 16.5 Å². The predicted molar refractivity (Wildman–Crippen MR) is 546 cm³/mol. The minimum Gasteiger partial charge on any atom is -0.480 e. The van der Waals surface area contributed by atoms with Gasteiger partial charge in [-0.3, -0.25) is 78.3 Å². The lowest BCUT2D eigenvalue weighted by atomic mass is 9.80. The molecule has 3 aromatic carbocycles. The quantitative estimate of drug-likeness (QED) is 0.00334. The number of unbranched alkanes of at least 4 members (excludes halogenated alkanes) is 1. The van der Waals surface area contributed by atoms with Crippen LogP contribution in [0.4, 0.5) is 0 Å². The van der Waals surface area contributed by atoms with Gasteiger partial charge in [0, 0.05) is 197 Å². The number of hydrogen-bond acceptors (Lipinski definition) is 22. The van der Waals surface area contributed by atoms with Gasteiger partial charge in [-0.05, 0) is 200 Å². The minimum absolute atomic E-state index is 0.0116. The molecular formula is C108H124BN17O17. The van der Waals surface area contributed by atoms with Gasteiger partial charge in [-0.1, -0.05) is 102 Å². The number of nitrogens with one attached hydrogen (secondary N) is 10. The number of fused-ring (bicyclic) bond motifs is 17. The van der Waals surface area contributed by atoms with Crippen molar-refractivity contribution in [3.05, 3.63) is 227 Å². The average Bonchev–Trinajstić information content (AvgIpc) is 1.56. The van der Waals surface area contributed by atoms with Crippen molar-refractivity contribution in [1.29, 1.82) is 5.41 Å². The number of amidine groups is 2. The van der Waals surface area contributed by atoms with Crippen LogP contribution < -0.4 is 38.2 Å². The number of carboxylic acid groups (broad SMARTS) is 2. The van der Waals surface area contributed by atoms with Gasteiger partial charge in [0.05, 0.1) is 54.2 Å². The van der Waals surface area contributed by atoms with Gasteiger partial charge in [-0.15, -0.1) is 0 Å². The van der Waals surface area contributed by atoms with Gasteiger partial charge in [-0.2, -0.15) is 0 Å². The van der Waals surface area contributed by atoms with Crippen LogP contribution in [0, 0.1) is 33.1 Å². The van der Waals surface area contributed by atoms with E-state index in [4.69, 9.17) is 46.3 Å².